The first kappa shape index (κ1) is 25.3. The Morgan fingerprint density at radius 3 is 2.32 bits per heavy atom. The summed E-state index contributed by atoms with van der Waals surface area (Å²) >= 11 is 5.93. The van der Waals surface area contributed by atoms with Gasteiger partial charge in [-0.1, -0.05) is 41.9 Å². The van der Waals surface area contributed by atoms with Gasteiger partial charge in [0, 0.05) is 17.6 Å². The monoisotopic (exact) mass is 540 g/mol. The Bertz CT molecular complexity index is 1750. The summed E-state index contributed by atoms with van der Waals surface area (Å²) in [4.78, 5) is 31.1. The van der Waals surface area contributed by atoms with Crippen LogP contribution in [0.4, 0.5) is 18.9 Å². The van der Waals surface area contributed by atoms with E-state index in [1.54, 1.807) is 42.9 Å². The minimum atomic E-state index is -4.78. The number of amides is 1. The van der Waals surface area contributed by atoms with Crippen molar-refractivity contribution < 1.29 is 18.0 Å². The van der Waals surface area contributed by atoms with Crippen LogP contribution in [-0.4, -0.2) is 29.9 Å². The first-order chi connectivity index (χ1) is 18.0. The van der Waals surface area contributed by atoms with Gasteiger partial charge in [-0.3, -0.25) is 14.3 Å². The largest absolute Gasteiger partial charge is 0.433 e. The number of hydrogen-bond donors (Lipinski definition) is 1. The minimum absolute atomic E-state index is 0.00926. The van der Waals surface area contributed by atoms with Crippen molar-refractivity contribution in [1.82, 2.24) is 24.0 Å². The van der Waals surface area contributed by atoms with Gasteiger partial charge >= 0.3 is 6.18 Å². The predicted molar refractivity (Wildman–Crippen MR) is 137 cm³/mol. The molecule has 38 heavy (non-hydrogen) atoms. The van der Waals surface area contributed by atoms with Gasteiger partial charge in [-0.05, 0) is 44.2 Å². The number of nitrogens with zero attached hydrogens (tertiary/aromatic N) is 5. The van der Waals surface area contributed by atoms with E-state index in [0.29, 0.717) is 26.5 Å². The van der Waals surface area contributed by atoms with Crippen LogP contribution >= 0.6 is 11.6 Å². The number of carbonyl (C=O) groups excluding carboxylic acids is 1. The predicted octanol–water partition coefficient (Wildman–Crippen LogP) is 5.43. The highest BCUT2D eigenvalue weighted by Crippen LogP contribution is 2.34. The van der Waals surface area contributed by atoms with Crippen LogP contribution in [0.1, 0.15) is 27.4 Å². The molecule has 2 aromatic carbocycles. The van der Waals surface area contributed by atoms with Crippen molar-refractivity contribution in [2.45, 2.75) is 20.0 Å². The van der Waals surface area contributed by atoms with Crippen LogP contribution in [0.15, 0.2) is 65.5 Å². The average Bonchev–Trinajstić information content (AvgIpc) is 3.31. The van der Waals surface area contributed by atoms with Crippen LogP contribution in [0.25, 0.3) is 22.6 Å². The molecule has 12 heteroatoms. The van der Waals surface area contributed by atoms with Gasteiger partial charge < -0.3 is 5.32 Å². The molecule has 0 saturated carbocycles. The van der Waals surface area contributed by atoms with Crippen molar-refractivity contribution >= 4 is 28.8 Å². The van der Waals surface area contributed by atoms with Crippen molar-refractivity contribution in [1.29, 1.82) is 0 Å². The average molecular weight is 541 g/mol. The highest BCUT2D eigenvalue weighted by molar-refractivity contribution is 6.30. The summed E-state index contributed by atoms with van der Waals surface area (Å²) in [5, 5.41) is 6.96. The lowest BCUT2D eigenvalue weighted by Gasteiger charge is -2.11. The number of carbonyl (C=O) groups is 1. The molecule has 0 spiro atoms. The summed E-state index contributed by atoms with van der Waals surface area (Å²) in [7, 11) is 1.66. The van der Waals surface area contributed by atoms with Crippen LogP contribution in [0.5, 0.6) is 0 Å². The Morgan fingerprint density at radius 1 is 1.03 bits per heavy atom. The van der Waals surface area contributed by atoms with E-state index in [4.69, 9.17) is 11.6 Å². The van der Waals surface area contributed by atoms with Crippen molar-refractivity contribution in [3.8, 4) is 16.9 Å². The number of rotatable bonds is 4. The molecule has 0 aliphatic carbocycles. The summed E-state index contributed by atoms with van der Waals surface area (Å²) in [5.74, 6) is -0.808. The lowest BCUT2D eigenvalue weighted by atomic mass is 10.1. The van der Waals surface area contributed by atoms with Gasteiger partial charge in [0.1, 0.15) is 11.3 Å². The number of aromatic nitrogens is 5. The van der Waals surface area contributed by atoms with Crippen LogP contribution < -0.4 is 10.9 Å². The first-order valence-electron chi connectivity index (χ1n) is 11.4. The molecule has 0 unspecified atom stereocenters. The Hall–Kier alpha value is -4.38. The van der Waals surface area contributed by atoms with E-state index in [2.05, 4.69) is 15.4 Å². The van der Waals surface area contributed by atoms with E-state index in [9.17, 15) is 22.8 Å². The number of halogens is 4. The zero-order chi connectivity index (χ0) is 27.4. The molecule has 5 rings (SSSR count). The van der Waals surface area contributed by atoms with E-state index in [-0.39, 0.29) is 28.3 Å². The SMILES string of the molecule is Cc1nn2c(C(F)(F)F)cc(-c3ccc(Cl)cc3)nc2c1C(=O)Nc1c(C)n(C)n(-c2ccccc2)c1=O. The molecule has 0 aliphatic heterocycles. The molecule has 1 N–H and O–H groups in total. The molecular formula is C26H20ClF3N6O2. The van der Waals surface area contributed by atoms with E-state index < -0.39 is 23.3 Å². The van der Waals surface area contributed by atoms with Gasteiger partial charge in [-0.15, -0.1) is 0 Å². The number of benzene rings is 2. The number of anilines is 1. The molecule has 194 valence electrons. The van der Waals surface area contributed by atoms with E-state index in [1.807, 2.05) is 6.07 Å². The first-order valence-corrected chi connectivity index (χ1v) is 11.7. The Balaban J connectivity index is 1.65. The lowest BCUT2D eigenvalue weighted by Crippen LogP contribution is -2.23. The molecule has 3 aromatic heterocycles. The van der Waals surface area contributed by atoms with Crippen LogP contribution in [-0.2, 0) is 13.2 Å². The highest BCUT2D eigenvalue weighted by atomic mass is 35.5. The third kappa shape index (κ3) is 4.24. The summed E-state index contributed by atoms with van der Waals surface area (Å²) < 4.78 is 45.6. The lowest BCUT2D eigenvalue weighted by molar-refractivity contribution is -0.142. The number of para-hydroxylation sites is 1. The second-order valence-corrected chi connectivity index (χ2v) is 9.05. The van der Waals surface area contributed by atoms with Gasteiger partial charge in [-0.25, -0.2) is 14.2 Å². The van der Waals surface area contributed by atoms with Crippen molar-refractivity contribution in [2.75, 3.05) is 5.32 Å². The van der Waals surface area contributed by atoms with E-state index in [0.717, 1.165) is 6.07 Å². The summed E-state index contributed by atoms with van der Waals surface area (Å²) in [6.07, 6.45) is -4.78. The molecule has 0 bridgehead atoms. The third-order valence-corrected chi connectivity index (χ3v) is 6.47. The van der Waals surface area contributed by atoms with Crippen LogP contribution in [0, 0.1) is 13.8 Å². The smallest absolute Gasteiger partial charge is 0.316 e. The Labute approximate surface area is 218 Å². The zero-order valence-electron chi connectivity index (χ0n) is 20.3. The number of aryl methyl sites for hydroxylation is 1. The normalized spacial score (nSPS) is 11.8. The second-order valence-electron chi connectivity index (χ2n) is 8.62. The Kier molecular flexibility index (Phi) is 6.10. The van der Waals surface area contributed by atoms with E-state index >= 15 is 0 Å². The van der Waals surface area contributed by atoms with Gasteiger partial charge in [0.15, 0.2) is 11.3 Å². The molecule has 0 fully saturated rings. The maximum Gasteiger partial charge on any atom is 0.433 e. The number of alkyl halides is 3. The molecule has 0 atom stereocenters. The summed E-state index contributed by atoms with van der Waals surface area (Å²) in [5.41, 5.74) is -0.670. The molecule has 8 nitrogen and oxygen atoms in total. The third-order valence-electron chi connectivity index (χ3n) is 6.21. The van der Waals surface area contributed by atoms with Gasteiger partial charge in [0.2, 0.25) is 0 Å². The molecule has 3 heterocycles. The van der Waals surface area contributed by atoms with Crippen LogP contribution in [0.2, 0.25) is 5.02 Å². The fourth-order valence-electron chi connectivity index (χ4n) is 4.25. The molecule has 1 amide bonds. The van der Waals surface area contributed by atoms with Gasteiger partial charge in [-0.2, -0.15) is 18.3 Å². The Morgan fingerprint density at radius 2 is 1.68 bits per heavy atom. The highest BCUT2D eigenvalue weighted by Gasteiger charge is 2.37. The van der Waals surface area contributed by atoms with Gasteiger partial charge in [0.05, 0.1) is 22.8 Å². The molecule has 0 radical (unpaired) electrons. The number of hydrogen-bond acceptors (Lipinski definition) is 4. The molecular weight excluding hydrogens is 521 g/mol. The van der Waals surface area contributed by atoms with Crippen molar-refractivity contribution in [2.24, 2.45) is 7.05 Å². The quantitative estimate of drug-likeness (QED) is 0.329. The van der Waals surface area contributed by atoms with Crippen molar-refractivity contribution in [3.63, 3.8) is 0 Å². The zero-order valence-corrected chi connectivity index (χ0v) is 21.1. The molecule has 0 saturated heterocycles. The fraction of sp³-hybridized carbons (Fsp3) is 0.154. The van der Waals surface area contributed by atoms with Crippen molar-refractivity contribution in [3.05, 3.63) is 98.7 Å². The topological polar surface area (TPSA) is 86.2 Å². The maximum atomic E-state index is 14.0. The maximum absolute atomic E-state index is 14.0. The minimum Gasteiger partial charge on any atom is -0.316 e. The molecule has 0 aliphatic rings. The summed E-state index contributed by atoms with van der Waals surface area (Å²) in [6.45, 7) is 3.06. The second kappa shape index (κ2) is 9.18. The fourth-order valence-corrected chi connectivity index (χ4v) is 4.37. The van der Waals surface area contributed by atoms with Gasteiger partial charge in [0.25, 0.3) is 11.5 Å². The standard InChI is InChI=1S/C26H20ClF3N6O2/c1-14-21(24(37)32-22-15(2)34(3)36(25(22)38)18-7-5-4-6-8-18)23-31-19(16-9-11-17(27)12-10-16)13-20(26(28,29)30)35(23)33-14/h4-13H,1-3H3,(H,32,37). The summed E-state index contributed by atoms with van der Waals surface area (Å²) in [6, 6.07) is 15.8. The number of fused-ring (bicyclic) bond motifs is 1. The number of nitrogens with one attached hydrogen (secondary N) is 1. The molecule has 5 aromatic rings. The van der Waals surface area contributed by atoms with E-state index in [1.165, 1.54) is 35.9 Å². The van der Waals surface area contributed by atoms with Crippen LogP contribution in [0.3, 0.4) is 0 Å².